The number of amides is 2. The Hall–Kier alpha value is -2.45. The highest BCUT2D eigenvalue weighted by molar-refractivity contribution is 5.74. The number of unbranched alkanes of at least 4 members (excludes halogenated alkanes) is 1. The number of carbonyl (C=O) groups is 1. The second-order valence-electron chi connectivity index (χ2n) is 7.26. The number of aromatic nitrogens is 2. The Labute approximate surface area is 165 Å². The first kappa shape index (κ1) is 20.3. The molecule has 8 heteroatoms. The lowest BCUT2D eigenvalue weighted by Gasteiger charge is -2.35. The summed E-state index contributed by atoms with van der Waals surface area (Å²) in [5, 5.41) is 15.9. The summed E-state index contributed by atoms with van der Waals surface area (Å²) in [6.07, 6.45) is 1.81. The van der Waals surface area contributed by atoms with Crippen LogP contribution in [-0.2, 0) is 0 Å². The fraction of sp³-hybridized carbons (Fsp3) is 0.550. The van der Waals surface area contributed by atoms with E-state index in [4.69, 9.17) is 9.63 Å². The molecule has 0 spiro atoms. The lowest BCUT2D eigenvalue weighted by molar-refractivity contribution is 0.133. The van der Waals surface area contributed by atoms with Crippen LogP contribution in [-0.4, -0.2) is 70.4 Å². The summed E-state index contributed by atoms with van der Waals surface area (Å²) < 4.78 is 5.36. The van der Waals surface area contributed by atoms with Crippen molar-refractivity contribution in [1.82, 2.24) is 25.3 Å². The van der Waals surface area contributed by atoms with Crippen molar-refractivity contribution in [2.75, 3.05) is 39.3 Å². The number of benzene rings is 1. The minimum absolute atomic E-state index is 0.113. The molecule has 1 aromatic heterocycles. The Morgan fingerprint density at radius 2 is 2.07 bits per heavy atom. The van der Waals surface area contributed by atoms with Crippen LogP contribution in [0.3, 0.4) is 0 Å². The number of hydrogen-bond acceptors (Lipinski definition) is 6. The molecule has 2 aromatic rings. The summed E-state index contributed by atoms with van der Waals surface area (Å²) in [7, 11) is 0. The molecule has 1 fully saturated rings. The van der Waals surface area contributed by atoms with E-state index in [-0.39, 0.29) is 18.7 Å². The monoisotopic (exact) mass is 387 g/mol. The minimum atomic E-state index is -0.360. The van der Waals surface area contributed by atoms with Crippen LogP contribution in [0.5, 0.6) is 0 Å². The third kappa shape index (κ3) is 5.30. The third-order valence-electron chi connectivity index (χ3n) is 4.97. The minimum Gasteiger partial charge on any atom is -0.396 e. The Morgan fingerprint density at radius 1 is 1.29 bits per heavy atom. The molecule has 152 valence electrons. The highest BCUT2D eigenvalue weighted by atomic mass is 16.5. The SMILES string of the molecule is Cc1cccc(-c2noc(C(C)NC(=O)N3CCN(CCCCO)CC3)n2)c1. The molecule has 8 nitrogen and oxygen atoms in total. The molecule has 1 atom stereocenters. The number of nitrogens with one attached hydrogen (secondary N) is 1. The largest absolute Gasteiger partial charge is 0.396 e. The maximum absolute atomic E-state index is 12.5. The molecular weight excluding hydrogens is 358 g/mol. The lowest BCUT2D eigenvalue weighted by atomic mass is 10.1. The van der Waals surface area contributed by atoms with Crippen molar-refractivity contribution in [3.8, 4) is 11.4 Å². The van der Waals surface area contributed by atoms with Crippen molar-refractivity contribution in [1.29, 1.82) is 0 Å². The Morgan fingerprint density at radius 3 is 2.79 bits per heavy atom. The molecule has 1 aromatic carbocycles. The zero-order valence-corrected chi connectivity index (χ0v) is 16.6. The van der Waals surface area contributed by atoms with E-state index in [1.807, 2.05) is 43.0 Å². The summed E-state index contributed by atoms with van der Waals surface area (Å²) in [5.41, 5.74) is 2.02. The Bertz CT molecular complexity index is 771. The number of aliphatic hydroxyl groups is 1. The standard InChI is InChI=1S/C20H29N5O3/c1-15-6-5-7-17(14-15)18-22-19(28-23-18)16(2)21-20(27)25-11-9-24(10-12-25)8-3-4-13-26/h5-7,14,16,26H,3-4,8-13H2,1-2H3,(H,21,27). The van der Waals surface area contributed by atoms with Gasteiger partial charge in [0.2, 0.25) is 11.7 Å². The van der Waals surface area contributed by atoms with E-state index >= 15 is 0 Å². The van der Waals surface area contributed by atoms with E-state index in [1.165, 1.54) is 0 Å². The summed E-state index contributed by atoms with van der Waals surface area (Å²) >= 11 is 0. The third-order valence-corrected chi connectivity index (χ3v) is 4.97. The summed E-state index contributed by atoms with van der Waals surface area (Å²) in [6, 6.07) is 7.43. The maximum atomic E-state index is 12.5. The number of piperazine rings is 1. The number of nitrogens with zero attached hydrogens (tertiary/aromatic N) is 4. The van der Waals surface area contributed by atoms with Gasteiger partial charge in [0.25, 0.3) is 0 Å². The normalized spacial score (nSPS) is 16.2. The molecule has 0 aliphatic carbocycles. The van der Waals surface area contributed by atoms with Crippen LogP contribution in [0, 0.1) is 6.92 Å². The number of aryl methyl sites for hydroxylation is 1. The van der Waals surface area contributed by atoms with Crippen LogP contribution in [0.2, 0.25) is 0 Å². The van der Waals surface area contributed by atoms with Gasteiger partial charge in [-0.2, -0.15) is 4.98 Å². The second-order valence-corrected chi connectivity index (χ2v) is 7.26. The first-order valence-electron chi connectivity index (χ1n) is 9.86. The smallest absolute Gasteiger partial charge is 0.318 e. The van der Waals surface area contributed by atoms with E-state index in [0.717, 1.165) is 43.6 Å². The van der Waals surface area contributed by atoms with Crippen LogP contribution in [0.15, 0.2) is 28.8 Å². The second kappa shape index (κ2) is 9.66. The van der Waals surface area contributed by atoms with E-state index in [9.17, 15) is 4.79 Å². The molecule has 2 amide bonds. The molecule has 2 N–H and O–H groups in total. The van der Waals surface area contributed by atoms with Crippen LogP contribution >= 0.6 is 0 Å². The molecule has 0 radical (unpaired) electrons. The highest BCUT2D eigenvalue weighted by Gasteiger charge is 2.24. The van der Waals surface area contributed by atoms with Gasteiger partial charge in [0.1, 0.15) is 6.04 Å². The number of carbonyl (C=O) groups excluding carboxylic acids is 1. The number of rotatable bonds is 7. The zero-order chi connectivity index (χ0) is 19.9. The molecule has 2 heterocycles. The van der Waals surface area contributed by atoms with E-state index < -0.39 is 0 Å². The Balaban J connectivity index is 1.50. The fourth-order valence-electron chi connectivity index (χ4n) is 3.27. The van der Waals surface area contributed by atoms with Gasteiger partial charge in [0.05, 0.1) is 0 Å². The average molecular weight is 387 g/mol. The molecule has 0 saturated carbocycles. The molecule has 1 saturated heterocycles. The number of aliphatic hydroxyl groups excluding tert-OH is 1. The summed E-state index contributed by atoms with van der Waals surface area (Å²) in [6.45, 7) is 8.15. The lowest BCUT2D eigenvalue weighted by Crippen LogP contribution is -2.52. The van der Waals surface area contributed by atoms with Gasteiger partial charge in [0, 0.05) is 38.3 Å². The first-order chi connectivity index (χ1) is 13.6. The van der Waals surface area contributed by atoms with Crippen molar-refractivity contribution in [3.05, 3.63) is 35.7 Å². The number of hydrogen-bond donors (Lipinski definition) is 2. The van der Waals surface area contributed by atoms with Crippen molar-refractivity contribution >= 4 is 6.03 Å². The van der Waals surface area contributed by atoms with Crippen molar-refractivity contribution in [2.45, 2.75) is 32.7 Å². The number of urea groups is 1. The molecule has 3 rings (SSSR count). The van der Waals surface area contributed by atoms with Gasteiger partial charge in [-0.05, 0) is 39.3 Å². The van der Waals surface area contributed by atoms with Crippen LogP contribution < -0.4 is 5.32 Å². The summed E-state index contributed by atoms with van der Waals surface area (Å²) in [5.74, 6) is 0.920. The predicted molar refractivity (Wildman–Crippen MR) is 106 cm³/mol. The molecule has 1 unspecified atom stereocenters. The predicted octanol–water partition coefficient (Wildman–Crippen LogP) is 2.21. The van der Waals surface area contributed by atoms with Gasteiger partial charge >= 0.3 is 6.03 Å². The summed E-state index contributed by atoms with van der Waals surface area (Å²) in [4.78, 5) is 21.1. The Kier molecular flexibility index (Phi) is 7.00. The average Bonchev–Trinajstić information content (AvgIpc) is 3.19. The molecule has 1 aliphatic heterocycles. The van der Waals surface area contributed by atoms with Crippen molar-refractivity contribution < 1.29 is 14.4 Å². The van der Waals surface area contributed by atoms with E-state index in [2.05, 4.69) is 20.4 Å². The highest BCUT2D eigenvalue weighted by Crippen LogP contribution is 2.19. The molecular formula is C20H29N5O3. The molecule has 28 heavy (non-hydrogen) atoms. The van der Waals surface area contributed by atoms with Gasteiger partial charge in [-0.3, -0.25) is 4.90 Å². The van der Waals surface area contributed by atoms with Gasteiger partial charge in [0.15, 0.2) is 0 Å². The van der Waals surface area contributed by atoms with Crippen LogP contribution in [0.4, 0.5) is 4.79 Å². The van der Waals surface area contributed by atoms with Gasteiger partial charge < -0.3 is 19.8 Å². The van der Waals surface area contributed by atoms with Gasteiger partial charge in [-0.1, -0.05) is 28.9 Å². The van der Waals surface area contributed by atoms with Crippen molar-refractivity contribution in [2.24, 2.45) is 0 Å². The van der Waals surface area contributed by atoms with Gasteiger partial charge in [-0.25, -0.2) is 4.79 Å². The molecule has 1 aliphatic rings. The fourth-order valence-corrected chi connectivity index (χ4v) is 3.27. The maximum Gasteiger partial charge on any atom is 0.318 e. The molecule has 0 bridgehead atoms. The van der Waals surface area contributed by atoms with Crippen molar-refractivity contribution in [3.63, 3.8) is 0 Å². The quantitative estimate of drug-likeness (QED) is 0.708. The first-order valence-corrected chi connectivity index (χ1v) is 9.86. The van der Waals surface area contributed by atoms with E-state index in [0.29, 0.717) is 24.8 Å². The van der Waals surface area contributed by atoms with E-state index in [1.54, 1.807) is 0 Å². The topological polar surface area (TPSA) is 94.7 Å². The zero-order valence-electron chi connectivity index (χ0n) is 16.6. The van der Waals surface area contributed by atoms with Gasteiger partial charge in [-0.15, -0.1) is 0 Å². The van der Waals surface area contributed by atoms with Crippen LogP contribution in [0.1, 0.15) is 37.3 Å². The van der Waals surface area contributed by atoms with Crippen LogP contribution in [0.25, 0.3) is 11.4 Å².